The molecular weight excluding hydrogens is 248 g/mol. The molecule has 0 fully saturated rings. The predicted octanol–water partition coefficient (Wildman–Crippen LogP) is 0.937. The minimum absolute atomic E-state index is 0.156. The number of nitrogens with zero attached hydrogens (tertiary/aromatic N) is 1. The maximum absolute atomic E-state index is 11.9. The molecule has 0 spiro atoms. The molecule has 0 aliphatic rings. The van der Waals surface area contributed by atoms with E-state index >= 15 is 0 Å². The molecule has 106 valence electrons. The lowest BCUT2D eigenvalue weighted by molar-refractivity contribution is -0.142. The Kier molecular flexibility index (Phi) is 5.57. The molecule has 0 aliphatic heterocycles. The van der Waals surface area contributed by atoms with Gasteiger partial charge in [-0.1, -0.05) is 6.92 Å². The quantitative estimate of drug-likeness (QED) is 0.769. The first-order valence-electron chi connectivity index (χ1n) is 6.15. The SMILES string of the molecule is CC(CN(C)C(C)C(=O)NCc1ccco1)C(=O)O. The van der Waals surface area contributed by atoms with E-state index in [1.54, 1.807) is 44.2 Å². The van der Waals surface area contributed by atoms with Crippen LogP contribution < -0.4 is 5.32 Å². The fraction of sp³-hybridized carbons (Fsp3) is 0.538. The van der Waals surface area contributed by atoms with Crippen molar-refractivity contribution in [2.24, 2.45) is 5.92 Å². The van der Waals surface area contributed by atoms with E-state index in [0.717, 1.165) is 0 Å². The highest BCUT2D eigenvalue weighted by atomic mass is 16.4. The van der Waals surface area contributed by atoms with Gasteiger partial charge in [0, 0.05) is 6.54 Å². The third kappa shape index (κ3) is 4.75. The van der Waals surface area contributed by atoms with Gasteiger partial charge in [0.1, 0.15) is 5.76 Å². The Hall–Kier alpha value is -1.82. The molecule has 19 heavy (non-hydrogen) atoms. The molecule has 1 aromatic heterocycles. The highest BCUT2D eigenvalue weighted by Gasteiger charge is 2.22. The van der Waals surface area contributed by atoms with Crippen LogP contribution in [-0.2, 0) is 16.1 Å². The first kappa shape index (κ1) is 15.2. The van der Waals surface area contributed by atoms with Crippen molar-refractivity contribution in [3.8, 4) is 0 Å². The monoisotopic (exact) mass is 268 g/mol. The maximum atomic E-state index is 11.9. The molecule has 0 saturated carbocycles. The van der Waals surface area contributed by atoms with Crippen LogP contribution in [0.15, 0.2) is 22.8 Å². The van der Waals surface area contributed by atoms with E-state index in [1.807, 2.05) is 0 Å². The molecule has 2 N–H and O–H groups in total. The van der Waals surface area contributed by atoms with Crippen molar-refractivity contribution in [2.45, 2.75) is 26.4 Å². The van der Waals surface area contributed by atoms with Crippen molar-refractivity contribution in [3.63, 3.8) is 0 Å². The highest BCUT2D eigenvalue weighted by Crippen LogP contribution is 2.04. The van der Waals surface area contributed by atoms with Gasteiger partial charge in [0.2, 0.25) is 5.91 Å². The number of furan rings is 1. The lowest BCUT2D eigenvalue weighted by Crippen LogP contribution is -2.45. The number of nitrogens with one attached hydrogen (secondary N) is 1. The van der Waals surface area contributed by atoms with E-state index < -0.39 is 17.9 Å². The first-order chi connectivity index (χ1) is 8.91. The summed E-state index contributed by atoms with van der Waals surface area (Å²) < 4.78 is 5.11. The lowest BCUT2D eigenvalue weighted by atomic mass is 10.1. The number of carbonyl (C=O) groups is 2. The molecule has 1 amide bonds. The highest BCUT2D eigenvalue weighted by molar-refractivity contribution is 5.81. The van der Waals surface area contributed by atoms with Gasteiger partial charge in [-0.15, -0.1) is 0 Å². The summed E-state index contributed by atoms with van der Waals surface area (Å²) >= 11 is 0. The summed E-state index contributed by atoms with van der Waals surface area (Å²) in [5.74, 6) is -0.848. The number of rotatable bonds is 7. The fourth-order valence-electron chi connectivity index (χ4n) is 1.60. The normalized spacial score (nSPS) is 14.1. The molecule has 6 heteroatoms. The zero-order valence-electron chi connectivity index (χ0n) is 11.4. The molecule has 2 atom stereocenters. The second-order valence-electron chi connectivity index (χ2n) is 4.65. The molecule has 0 aromatic carbocycles. The molecule has 6 nitrogen and oxygen atoms in total. The molecule has 1 rings (SSSR count). The fourth-order valence-corrected chi connectivity index (χ4v) is 1.60. The number of amides is 1. The van der Waals surface area contributed by atoms with Crippen LogP contribution >= 0.6 is 0 Å². The number of carbonyl (C=O) groups excluding carboxylic acids is 1. The van der Waals surface area contributed by atoms with Crippen molar-refractivity contribution in [2.75, 3.05) is 13.6 Å². The summed E-state index contributed by atoms with van der Waals surface area (Å²) in [6, 6.07) is 3.14. The molecule has 1 aromatic rings. The zero-order valence-corrected chi connectivity index (χ0v) is 11.4. The Morgan fingerprint density at radius 1 is 1.47 bits per heavy atom. The number of carboxylic acids is 1. The van der Waals surface area contributed by atoms with Crippen LogP contribution in [0.1, 0.15) is 19.6 Å². The van der Waals surface area contributed by atoms with Gasteiger partial charge in [0.15, 0.2) is 0 Å². The molecule has 0 radical (unpaired) electrons. The van der Waals surface area contributed by atoms with Gasteiger partial charge >= 0.3 is 5.97 Å². The summed E-state index contributed by atoms with van der Waals surface area (Å²) in [6.07, 6.45) is 1.55. The standard InChI is InChI=1S/C13H20N2O4/c1-9(13(17)18)8-15(3)10(2)12(16)14-7-11-5-4-6-19-11/h4-6,9-10H,7-8H2,1-3H3,(H,14,16)(H,17,18). The molecule has 0 aliphatic carbocycles. The van der Waals surface area contributed by atoms with Gasteiger partial charge < -0.3 is 14.8 Å². The van der Waals surface area contributed by atoms with Gasteiger partial charge in [-0.3, -0.25) is 14.5 Å². The summed E-state index contributed by atoms with van der Waals surface area (Å²) in [7, 11) is 1.73. The van der Waals surface area contributed by atoms with Gasteiger partial charge in [0.25, 0.3) is 0 Å². The van der Waals surface area contributed by atoms with Crippen LogP contribution in [-0.4, -0.2) is 41.5 Å². The third-order valence-electron chi connectivity index (χ3n) is 3.04. The van der Waals surface area contributed by atoms with Crippen LogP contribution in [0.2, 0.25) is 0 Å². The van der Waals surface area contributed by atoms with Crippen molar-refractivity contribution >= 4 is 11.9 Å². The average Bonchev–Trinajstić information content (AvgIpc) is 2.87. The lowest BCUT2D eigenvalue weighted by Gasteiger charge is -2.25. The van der Waals surface area contributed by atoms with Crippen molar-refractivity contribution in [1.29, 1.82) is 0 Å². The smallest absolute Gasteiger partial charge is 0.307 e. The Morgan fingerprint density at radius 2 is 2.16 bits per heavy atom. The van der Waals surface area contributed by atoms with Gasteiger partial charge in [-0.05, 0) is 26.1 Å². The molecule has 2 unspecified atom stereocenters. The first-order valence-corrected chi connectivity index (χ1v) is 6.15. The number of hydrogen-bond acceptors (Lipinski definition) is 4. The van der Waals surface area contributed by atoms with E-state index in [4.69, 9.17) is 9.52 Å². The molecule has 0 saturated heterocycles. The van der Waals surface area contributed by atoms with E-state index in [1.165, 1.54) is 0 Å². The second-order valence-corrected chi connectivity index (χ2v) is 4.65. The number of aliphatic carboxylic acids is 1. The number of hydrogen-bond donors (Lipinski definition) is 2. The van der Waals surface area contributed by atoms with Gasteiger partial charge in [-0.25, -0.2) is 0 Å². The molecule has 1 heterocycles. The topological polar surface area (TPSA) is 82.8 Å². The molecule has 0 bridgehead atoms. The van der Waals surface area contributed by atoms with Gasteiger partial charge in [0.05, 0.1) is 24.8 Å². The Morgan fingerprint density at radius 3 is 2.68 bits per heavy atom. The minimum atomic E-state index is -0.866. The second kappa shape index (κ2) is 6.94. The van der Waals surface area contributed by atoms with E-state index in [0.29, 0.717) is 18.8 Å². The van der Waals surface area contributed by atoms with Gasteiger partial charge in [-0.2, -0.15) is 0 Å². The van der Waals surface area contributed by atoms with E-state index in [2.05, 4.69) is 5.32 Å². The summed E-state index contributed by atoms with van der Waals surface area (Å²) in [6.45, 7) is 4.02. The summed E-state index contributed by atoms with van der Waals surface area (Å²) in [5, 5.41) is 11.6. The van der Waals surface area contributed by atoms with Crippen molar-refractivity contribution < 1.29 is 19.1 Å². The maximum Gasteiger partial charge on any atom is 0.307 e. The van der Waals surface area contributed by atoms with Crippen LogP contribution in [0, 0.1) is 5.92 Å². The van der Waals surface area contributed by atoms with Crippen LogP contribution in [0.4, 0.5) is 0 Å². The number of carboxylic acid groups (broad SMARTS) is 1. The van der Waals surface area contributed by atoms with Crippen LogP contribution in [0.5, 0.6) is 0 Å². The minimum Gasteiger partial charge on any atom is -0.481 e. The van der Waals surface area contributed by atoms with Crippen LogP contribution in [0.25, 0.3) is 0 Å². The summed E-state index contributed by atoms with van der Waals surface area (Å²) in [4.78, 5) is 24.4. The van der Waals surface area contributed by atoms with E-state index in [-0.39, 0.29) is 5.91 Å². The third-order valence-corrected chi connectivity index (χ3v) is 3.04. The Labute approximate surface area is 112 Å². The Bertz CT molecular complexity index is 416. The van der Waals surface area contributed by atoms with Crippen molar-refractivity contribution in [1.82, 2.24) is 10.2 Å². The van der Waals surface area contributed by atoms with E-state index in [9.17, 15) is 9.59 Å². The summed E-state index contributed by atoms with van der Waals surface area (Å²) in [5.41, 5.74) is 0. The largest absolute Gasteiger partial charge is 0.481 e. The zero-order chi connectivity index (χ0) is 14.4. The Balaban J connectivity index is 2.40. The van der Waals surface area contributed by atoms with Crippen LogP contribution in [0.3, 0.4) is 0 Å². The molecular formula is C13H20N2O4. The number of likely N-dealkylation sites (N-methyl/N-ethyl adjacent to an activating group) is 1. The predicted molar refractivity (Wildman–Crippen MR) is 69.4 cm³/mol. The average molecular weight is 268 g/mol. The van der Waals surface area contributed by atoms with Crippen molar-refractivity contribution in [3.05, 3.63) is 24.2 Å².